The molecule has 1 aliphatic carbocycles. The van der Waals surface area contributed by atoms with Crippen LogP contribution in [0.2, 0.25) is 0 Å². The van der Waals surface area contributed by atoms with Crippen LogP contribution < -0.4 is 10.1 Å². The van der Waals surface area contributed by atoms with E-state index in [2.05, 4.69) is 19.2 Å². The lowest BCUT2D eigenvalue weighted by molar-refractivity contribution is -0.00607. The molecule has 17 heavy (non-hydrogen) atoms. The fraction of sp³-hybridized carbons (Fsp3) is 0.571. The van der Waals surface area contributed by atoms with E-state index in [1.807, 2.05) is 7.05 Å². The van der Waals surface area contributed by atoms with Gasteiger partial charge >= 0.3 is 0 Å². The second-order valence-electron chi connectivity index (χ2n) is 5.72. The Morgan fingerprint density at radius 2 is 1.82 bits per heavy atom. The van der Waals surface area contributed by atoms with Gasteiger partial charge in [-0.2, -0.15) is 0 Å². The normalized spacial score (nSPS) is 32.0. The largest absolute Gasteiger partial charge is 0.493 e. The van der Waals surface area contributed by atoms with E-state index in [1.54, 1.807) is 12.1 Å². The third-order valence-corrected chi connectivity index (χ3v) is 3.64. The predicted octanol–water partition coefficient (Wildman–Crippen LogP) is 2.98. The number of hydrogen-bond acceptors (Lipinski definition) is 2. The Bertz CT molecular complexity index is 382. The quantitative estimate of drug-likeness (QED) is 0.869. The molecule has 0 radical (unpaired) electrons. The van der Waals surface area contributed by atoms with Gasteiger partial charge in [0.05, 0.1) is 6.61 Å². The van der Waals surface area contributed by atoms with Crippen molar-refractivity contribution in [2.75, 3.05) is 13.7 Å². The Balaban J connectivity index is 1.85. The lowest BCUT2D eigenvalue weighted by atomic mass is 9.59. The molecule has 2 rings (SSSR count). The minimum Gasteiger partial charge on any atom is -0.493 e. The number of nitrogens with one attached hydrogen (secondary N) is 1. The van der Waals surface area contributed by atoms with E-state index >= 15 is 0 Å². The van der Waals surface area contributed by atoms with Gasteiger partial charge in [0.15, 0.2) is 0 Å². The van der Waals surface area contributed by atoms with Crippen molar-refractivity contribution < 1.29 is 9.13 Å². The molecule has 2 nitrogen and oxygen atoms in total. The van der Waals surface area contributed by atoms with Crippen LogP contribution in [-0.2, 0) is 0 Å². The summed E-state index contributed by atoms with van der Waals surface area (Å²) in [6.07, 6.45) is 2.22. The molecule has 0 atom stereocenters. The Hall–Kier alpha value is -1.09. The number of halogens is 1. The van der Waals surface area contributed by atoms with E-state index in [1.165, 1.54) is 12.1 Å². The lowest BCUT2D eigenvalue weighted by Gasteiger charge is -2.52. The van der Waals surface area contributed by atoms with Crippen molar-refractivity contribution in [2.24, 2.45) is 5.41 Å². The fourth-order valence-corrected chi connectivity index (χ4v) is 2.90. The van der Waals surface area contributed by atoms with E-state index in [9.17, 15) is 4.39 Å². The minimum absolute atomic E-state index is 0.227. The summed E-state index contributed by atoms with van der Waals surface area (Å²) >= 11 is 0. The minimum atomic E-state index is -0.227. The summed E-state index contributed by atoms with van der Waals surface area (Å²) in [7, 11) is 2.00. The number of hydrogen-bond donors (Lipinski definition) is 1. The van der Waals surface area contributed by atoms with Crippen LogP contribution >= 0.6 is 0 Å². The van der Waals surface area contributed by atoms with Gasteiger partial charge in [-0.05, 0) is 51.1 Å². The zero-order valence-electron chi connectivity index (χ0n) is 10.7. The van der Waals surface area contributed by atoms with E-state index < -0.39 is 0 Å². The fourth-order valence-electron chi connectivity index (χ4n) is 2.90. The first-order valence-electron chi connectivity index (χ1n) is 6.02. The summed E-state index contributed by atoms with van der Waals surface area (Å²) in [4.78, 5) is 0. The van der Waals surface area contributed by atoms with E-state index in [0.29, 0.717) is 6.61 Å². The summed E-state index contributed by atoms with van der Waals surface area (Å²) in [6, 6.07) is 6.20. The Morgan fingerprint density at radius 3 is 2.35 bits per heavy atom. The molecule has 1 aliphatic rings. The molecule has 1 fully saturated rings. The SMILES string of the molecule is CNC1(C)CC(C)(COc2ccc(F)cc2)C1. The highest BCUT2D eigenvalue weighted by molar-refractivity contribution is 5.22. The maximum atomic E-state index is 12.7. The van der Waals surface area contributed by atoms with Crippen molar-refractivity contribution >= 4 is 0 Å². The molecule has 0 amide bonds. The molecule has 1 aromatic rings. The van der Waals surface area contributed by atoms with Gasteiger partial charge in [0.1, 0.15) is 11.6 Å². The van der Waals surface area contributed by atoms with Crippen LogP contribution in [0.3, 0.4) is 0 Å². The van der Waals surface area contributed by atoms with Crippen molar-refractivity contribution in [3.05, 3.63) is 30.1 Å². The summed E-state index contributed by atoms with van der Waals surface area (Å²) < 4.78 is 18.4. The van der Waals surface area contributed by atoms with E-state index in [0.717, 1.165) is 18.6 Å². The van der Waals surface area contributed by atoms with Crippen LogP contribution in [0.4, 0.5) is 4.39 Å². The highest BCUT2D eigenvalue weighted by atomic mass is 19.1. The third kappa shape index (κ3) is 2.78. The molecule has 1 saturated carbocycles. The molecular weight excluding hydrogens is 217 g/mol. The molecule has 0 aliphatic heterocycles. The smallest absolute Gasteiger partial charge is 0.123 e. The van der Waals surface area contributed by atoms with Gasteiger partial charge in [-0.3, -0.25) is 0 Å². The molecule has 1 aromatic carbocycles. The van der Waals surface area contributed by atoms with Gasteiger partial charge in [0.2, 0.25) is 0 Å². The molecule has 0 saturated heterocycles. The molecule has 1 N–H and O–H groups in total. The summed E-state index contributed by atoms with van der Waals surface area (Å²) in [5, 5.41) is 3.33. The third-order valence-electron chi connectivity index (χ3n) is 3.64. The Labute approximate surface area is 102 Å². The van der Waals surface area contributed by atoms with Gasteiger partial charge in [-0.15, -0.1) is 0 Å². The van der Waals surface area contributed by atoms with Crippen molar-refractivity contribution in [3.63, 3.8) is 0 Å². The van der Waals surface area contributed by atoms with E-state index in [-0.39, 0.29) is 16.8 Å². The Morgan fingerprint density at radius 1 is 1.24 bits per heavy atom. The molecule has 0 aromatic heterocycles. The molecule has 0 heterocycles. The molecule has 0 spiro atoms. The zero-order chi connectivity index (χ0) is 12.5. The number of benzene rings is 1. The van der Waals surface area contributed by atoms with Crippen LogP contribution in [0.25, 0.3) is 0 Å². The monoisotopic (exact) mass is 237 g/mol. The lowest BCUT2D eigenvalue weighted by Crippen LogP contribution is -2.58. The maximum Gasteiger partial charge on any atom is 0.123 e. The summed E-state index contributed by atoms with van der Waals surface area (Å²) in [6.45, 7) is 5.15. The second-order valence-corrected chi connectivity index (χ2v) is 5.72. The standard InChI is InChI=1S/C14H20FNO/c1-13(8-14(2,9-13)16-3)10-17-12-6-4-11(15)5-7-12/h4-7,16H,8-10H2,1-3H3. The van der Waals surface area contributed by atoms with Gasteiger partial charge in [0.25, 0.3) is 0 Å². The van der Waals surface area contributed by atoms with Crippen molar-refractivity contribution in [1.29, 1.82) is 0 Å². The summed E-state index contributed by atoms with van der Waals surface area (Å²) in [5.74, 6) is 0.514. The molecule has 0 unspecified atom stereocenters. The van der Waals surface area contributed by atoms with Gasteiger partial charge in [0, 0.05) is 11.0 Å². The van der Waals surface area contributed by atoms with Crippen LogP contribution in [0.15, 0.2) is 24.3 Å². The maximum absolute atomic E-state index is 12.7. The van der Waals surface area contributed by atoms with Crippen molar-refractivity contribution in [1.82, 2.24) is 5.32 Å². The average molecular weight is 237 g/mol. The number of rotatable bonds is 4. The zero-order valence-corrected chi connectivity index (χ0v) is 10.7. The first-order chi connectivity index (χ1) is 7.95. The van der Waals surface area contributed by atoms with Crippen molar-refractivity contribution in [2.45, 2.75) is 32.2 Å². The molecule has 0 bridgehead atoms. The van der Waals surface area contributed by atoms with Crippen molar-refractivity contribution in [3.8, 4) is 5.75 Å². The highest BCUT2D eigenvalue weighted by Crippen LogP contribution is 2.47. The second kappa shape index (κ2) is 4.30. The molecule has 94 valence electrons. The van der Waals surface area contributed by atoms with Gasteiger partial charge < -0.3 is 10.1 Å². The predicted molar refractivity (Wildman–Crippen MR) is 66.7 cm³/mol. The highest BCUT2D eigenvalue weighted by Gasteiger charge is 2.48. The molecular formula is C14H20FNO. The molecule has 3 heteroatoms. The average Bonchev–Trinajstić information content (AvgIpc) is 2.26. The topological polar surface area (TPSA) is 21.3 Å². The van der Waals surface area contributed by atoms with Crippen LogP contribution in [0, 0.1) is 11.2 Å². The van der Waals surface area contributed by atoms with Gasteiger partial charge in [-0.25, -0.2) is 4.39 Å². The van der Waals surface area contributed by atoms with Crippen LogP contribution in [0.5, 0.6) is 5.75 Å². The summed E-state index contributed by atoms with van der Waals surface area (Å²) in [5.41, 5.74) is 0.479. The van der Waals surface area contributed by atoms with Crippen LogP contribution in [-0.4, -0.2) is 19.2 Å². The van der Waals surface area contributed by atoms with Crippen LogP contribution in [0.1, 0.15) is 26.7 Å². The first kappa shape index (κ1) is 12.4. The number of ether oxygens (including phenoxy) is 1. The Kier molecular flexibility index (Phi) is 3.13. The first-order valence-corrected chi connectivity index (χ1v) is 6.02. The van der Waals surface area contributed by atoms with E-state index in [4.69, 9.17) is 4.74 Å². The van der Waals surface area contributed by atoms with Gasteiger partial charge in [-0.1, -0.05) is 6.92 Å².